The first-order valence-corrected chi connectivity index (χ1v) is 9.87. The Labute approximate surface area is 158 Å². The molecule has 1 aliphatic rings. The lowest BCUT2D eigenvalue weighted by molar-refractivity contribution is -0.115. The highest BCUT2D eigenvalue weighted by molar-refractivity contribution is 8.00. The molecule has 3 rings (SSSR count). The first-order valence-electron chi connectivity index (χ1n) is 7.83. The highest BCUT2D eigenvalue weighted by atomic mass is 32.2. The number of thioether (sulfide) groups is 2. The van der Waals surface area contributed by atoms with Crippen LogP contribution in [0.3, 0.4) is 0 Å². The molecule has 1 aliphatic heterocycles. The number of rotatable bonds is 5. The molecule has 2 aromatic rings. The maximum absolute atomic E-state index is 12.4. The van der Waals surface area contributed by atoms with Gasteiger partial charge in [0.1, 0.15) is 0 Å². The summed E-state index contributed by atoms with van der Waals surface area (Å²) in [5.74, 6) is 0.666. The van der Waals surface area contributed by atoms with E-state index in [1.54, 1.807) is 43.0 Å². The van der Waals surface area contributed by atoms with Crippen LogP contribution in [-0.2, 0) is 21.0 Å². The van der Waals surface area contributed by atoms with Crippen molar-refractivity contribution in [3.05, 3.63) is 51.4 Å². The number of methoxy groups -OCH3 is 1. The summed E-state index contributed by atoms with van der Waals surface area (Å²) in [7, 11) is 1.30. The van der Waals surface area contributed by atoms with Crippen LogP contribution < -0.4 is 10.9 Å². The smallest absolute Gasteiger partial charge is 0.337 e. The van der Waals surface area contributed by atoms with Crippen LogP contribution in [0.5, 0.6) is 0 Å². The summed E-state index contributed by atoms with van der Waals surface area (Å²) in [4.78, 5) is 43.2. The maximum Gasteiger partial charge on any atom is 0.337 e. The summed E-state index contributed by atoms with van der Waals surface area (Å²) in [6.45, 7) is 1.73. The Bertz CT molecular complexity index is 913. The quantitative estimate of drug-likeness (QED) is 0.458. The lowest BCUT2D eigenvalue weighted by Crippen LogP contribution is -2.24. The van der Waals surface area contributed by atoms with Crippen LogP contribution in [-0.4, -0.2) is 34.2 Å². The number of benzene rings is 1. The van der Waals surface area contributed by atoms with Gasteiger partial charge in [-0.2, -0.15) is 11.8 Å². The number of aromatic amines is 1. The molecule has 0 radical (unpaired) electrons. The van der Waals surface area contributed by atoms with Crippen molar-refractivity contribution >= 4 is 41.1 Å². The van der Waals surface area contributed by atoms with Crippen LogP contribution in [0, 0.1) is 0 Å². The van der Waals surface area contributed by atoms with Crippen molar-refractivity contribution in [1.29, 1.82) is 0 Å². The molecular weight excluding hydrogens is 374 g/mol. The minimum absolute atomic E-state index is 0.138. The number of nitrogens with one attached hydrogen (secondary N) is 2. The normalized spacial score (nSPS) is 13.8. The van der Waals surface area contributed by atoms with Crippen molar-refractivity contribution in [3.8, 4) is 0 Å². The molecule has 0 bridgehead atoms. The van der Waals surface area contributed by atoms with Crippen molar-refractivity contribution in [2.45, 2.75) is 28.8 Å². The van der Waals surface area contributed by atoms with E-state index in [1.807, 2.05) is 0 Å². The number of carbonyl (C=O) groups is 2. The van der Waals surface area contributed by atoms with E-state index in [9.17, 15) is 14.4 Å². The second kappa shape index (κ2) is 7.96. The van der Waals surface area contributed by atoms with Gasteiger partial charge in [-0.1, -0.05) is 17.8 Å². The van der Waals surface area contributed by atoms with E-state index < -0.39 is 11.2 Å². The average Bonchev–Trinajstić information content (AvgIpc) is 3.10. The number of carbonyl (C=O) groups excluding carboxylic acids is 2. The third-order valence-corrected chi connectivity index (χ3v) is 5.73. The van der Waals surface area contributed by atoms with Crippen LogP contribution in [0.25, 0.3) is 0 Å². The van der Waals surface area contributed by atoms with Crippen LogP contribution in [0.2, 0.25) is 0 Å². The molecule has 1 atom stereocenters. The van der Waals surface area contributed by atoms with Gasteiger partial charge >= 0.3 is 5.97 Å². The summed E-state index contributed by atoms with van der Waals surface area (Å²) in [6.07, 6.45) is 0. The minimum Gasteiger partial charge on any atom is -0.465 e. The number of aromatic nitrogens is 2. The molecule has 1 amide bonds. The van der Waals surface area contributed by atoms with E-state index in [4.69, 9.17) is 0 Å². The molecule has 0 aliphatic carbocycles. The lowest BCUT2D eigenvalue weighted by atomic mass is 10.2. The monoisotopic (exact) mass is 391 g/mol. The van der Waals surface area contributed by atoms with Crippen LogP contribution >= 0.6 is 23.5 Å². The van der Waals surface area contributed by atoms with Gasteiger partial charge in [0.25, 0.3) is 5.56 Å². The zero-order valence-electron chi connectivity index (χ0n) is 14.2. The zero-order valence-corrected chi connectivity index (χ0v) is 15.8. The van der Waals surface area contributed by atoms with Gasteiger partial charge in [0.2, 0.25) is 5.91 Å². The molecule has 1 aromatic carbocycles. The van der Waals surface area contributed by atoms with E-state index in [1.165, 1.54) is 18.9 Å². The van der Waals surface area contributed by atoms with E-state index in [2.05, 4.69) is 20.0 Å². The molecule has 0 fully saturated rings. The molecule has 0 saturated carbocycles. The number of nitrogens with zero attached hydrogens (tertiary/aromatic N) is 1. The van der Waals surface area contributed by atoms with E-state index in [0.29, 0.717) is 27.9 Å². The van der Waals surface area contributed by atoms with Gasteiger partial charge in [-0.25, -0.2) is 9.78 Å². The summed E-state index contributed by atoms with van der Waals surface area (Å²) in [5, 5.41) is 2.71. The molecule has 7 nitrogen and oxygen atoms in total. The fourth-order valence-electron chi connectivity index (χ4n) is 2.40. The van der Waals surface area contributed by atoms with Gasteiger partial charge in [0, 0.05) is 22.8 Å². The minimum atomic E-state index is -0.480. The third kappa shape index (κ3) is 4.10. The van der Waals surface area contributed by atoms with Gasteiger partial charge in [-0.05, 0) is 25.1 Å². The summed E-state index contributed by atoms with van der Waals surface area (Å²) < 4.78 is 4.67. The SMILES string of the molecule is COC(=O)c1cccc(NC(=O)C(C)Sc2nc3c(c(=O)[nH]2)CSC3)c1. The van der Waals surface area contributed by atoms with Gasteiger partial charge in [0.15, 0.2) is 5.16 Å². The predicted molar refractivity (Wildman–Crippen MR) is 102 cm³/mol. The molecule has 0 saturated heterocycles. The van der Waals surface area contributed by atoms with Gasteiger partial charge < -0.3 is 15.0 Å². The van der Waals surface area contributed by atoms with E-state index in [0.717, 1.165) is 11.3 Å². The number of esters is 1. The Kier molecular flexibility index (Phi) is 5.67. The van der Waals surface area contributed by atoms with Crippen molar-refractivity contribution in [2.75, 3.05) is 12.4 Å². The van der Waals surface area contributed by atoms with Crippen molar-refractivity contribution < 1.29 is 14.3 Å². The Morgan fingerprint density at radius 1 is 1.38 bits per heavy atom. The first-order chi connectivity index (χ1) is 12.5. The fraction of sp³-hybridized carbons (Fsp3) is 0.294. The van der Waals surface area contributed by atoms with Gasteiger partial charge in [-0.15, -0.1) is 0 Å². The topological polar surface area (TPSA) is 101 Å². The average molecular weight is 391 g/mol. The summed E-state index contributed by atoms with van der Waals surface area (Å²) in [5.41, 5.74) is 2.22. The fourth-order valence-corrected chi connectivity index (χ4v) is 4.25. The Morgan fingerprint density at radius 3 is 2.96 bits per heavy atom. The molecule has 2 N–H and O–H groups in total. The number of anilines is 1. The zero-order chi connectivity index (χ0) is 18.7. The summed E-state index contributed by atoms with van der Waals surface area (Å²) >= 11 is 2.84. The number of H-pyrrole nitrogens is 1. The molecule has 1 unspecified atom stereocenters. The number of ether oxygens (including phenoxy) is 1. The lowest BCUT2D eigenvalue weighted by Gasteiger charge is -2.12. The number of fused-ring (bicyclic) bond motifs is 1. The van der Waals surface area contributed by atoms with Crippen molar-refractivity contribution in [2.24, 2.45) is 0 Å². The second-order valence-corrected chi connectivity index (χ2v) is 7.93. The van der Waals surface area contributed by atoms with Crippen LogP contribution in [0.4, 0.5) is 5.69 Å². The molecular formula is C17H17N3O4S2. The van der Waals surface area contributed by atoms with E-state index >= 15 is 0 Å². The Balaban J connectivity index is 1.68. The molecule has 2 heterocycles. The molecule has 1 aromatic heterocycles. The first kappa shape index (κ1) is 18.5. The van der Waals surface area contributed by atoms with Crippen LogP contribution in [0.1, 0.15) is 28.5 Å². The van der Waals surface area contributed by atoms with E-state index in [-0.39, 0.29) is 11.5 Å². The highest BCUT2D eigenvalue weighted by Crippen LogP contribution is 2.28. The maximum atomic E-state index is 12.4. The Hall–Kier alpha value is -2.26. The van der Waals surface area contributed by atoms with Crippen molar-refractivity contribution in [1.82, 2.24) is 9.97 Å². The van der Waals surface area contributed by atoms with Crippen LogP contribution in [0.15, 0.2) is 34.2 Å². The predicted octanol–water partition coefficient (Wildman–Crippen LogP) is 2.42. The van der Waals surface area contributed by atoms with Gasteiger partial charge in [-0.3, -0.25) is 9.59 Å². The van der Waals surface area contributed by atoms with Crippen molar-refractivity contribution in [3.63, 3.8) is 0 Å². The standard InChI is InChI=1S/C17H17N3O4S2/c1-9(26-17-19-13-8-25-7-12(13)15(22)20-17)14(21)18-11-5-3-4-10(6-11)16(23)24-2/h3-6,9H,7-8H2,1-2H3,(H,18,21)(H,19,20,22). The number of hydrogen-bond donors (Lipinski definition) is 2. The largest absolute Gasteiger partial charge is 0.465 e. The second-order valence-electron chi connectivity index (χ2n) is 5.61. The third-order valence-electron chi connectivity index (χ3n) is 3.77. The molecule has 26 heavy (non-hydrogen) atoms. The molecule has 9 heteroatoms. The number of amides is 1. The van der Waals surface area contributed by atoms with Gasteiger partial charge in [0.05, 0.1) is 23.6 Å². The number of hydrogen-bond acceptors (Lipinski definition) is 7. The molecule has 136 valence electrons. The summed E-state index contributed by atoms with van der Waals surface area (Å²) in [6, 6.07) is 6.51. The molecule has 0 spiro atoms. The Morgan fingerprint density at radius 2 is 2.19 bits per heavy atom. The highest BCUT2D eigenvalue weighted by Gasteiger charge is 2.21.